The second-order valence-corrected chi connectivity index (χ2v) is 4.26. The molecular weight excluding hydrogens is 272 g/mol. The maximum Gasteiger partial charge on any atom is 0.337 e. The molecule has 0 heterocycles. The highest BCUT2D eigenvalue weighted by molar-refractivity contribution is 6.10. The van der Waals surface area contributed by atoms with E-state index < -0.39 is 11.9 Å². The number of ether oxygens (including phenoxy) is 1. The van der Waals surface area contributed by atoms with E-state index in [0.717, 1.165) is 0 Å². The van der Waals surface area contributed by atoms with Gasteiger partial charge in [0, 0.05) is 11.8 Å². The number of methoxy groups -OCH3 is 1. The molecule has 0 atom stereocenters. The van der Waals surface area contributed by atoms with Crippen molar-refractivity contribution in [2.24, 2.45) is 0 Å². The fourth-order valence-electron chi connectivity index (χ4n) is 1.84. The van der Waals surface area contributed by atoms with Crippen molar-refractivity contribution in [3.8, 4) is 5.75 Å². The molecule has 21 heavy (non-hydrogen) atoms. The number of carboxylic acid groups (broad SMARTS) is 1. The van der Waals surface area contributed by atoms with E-state index in [1.807, 2.05) is 0 Å². The molecule has 108 valence electrons. The van der Waals surface area contributed by atoms with Crippen LogP contribution in [0, 0.1) is 0 Å². The quantitative estimate of drug-likeness (QED) is 0.748. The highest BCUT2D eigenvalue weighted by Crippen LogP contribution is 2.22. The monoisotopic (exact) mass is 286 g/mol. The number of benzene rings is 2. The van der Waals surface area contributed by atoms with Crippen molar-refractivity contribution >= 4 is 23.3 Å². The van der Waals surface area contributed by atoms with Crippen LogP contribution in [-0.2, 0) is 0 Å². The molecule has 2 aromatic rings. The Balaban J connectivity index is 2.28. The summed E-state index contributed by atoms with van der Waals surface area (Å²) in [6, 6.07) is 10.8. The first kappa shape index (κ1) is 14.4. The van der Waals surface area contributed by atoms with E-state index in [4.69, 9.17) is 15.6 Å². The van der Waals surface area contributed by atoms with E-state index in [-0.39, 0.29) is 22.5 Å². The van der Waals surface area contributed by atoms with Crippen LogP contribution in [0.25, 0.3) is 0 Å². The number of carbonyl (C=O) groups excluding carboxylic acids is 1. The van der Waals surface area contributed by atoms with Crippen molar-refractivity contribution in [1.82, 2.24) is 0 Å². The largest absolute Gasteiger partial charge is 0.497 e. The number of aromatic carboxylic acids is 1. The van der Waals surface area contributed by atoms with Gasteiger partial charge in [0.25, 0.3) is 5.91 Å². The lowest BCUT2D eigenvalue weighted by molar-refractivity contribution is 0.0698. The number of nitrogens with two attached hydrogens (primary N) is 1. The number of nitrogens with one attached hydrogen (secondary N) is 1. The van der Waals surface area contributed by atoms with Crippen LogP contribution in [0.2, 0.25) is 0 Å². The molecular formula is C15H14N2O4. The summed E-state index contributed by atoms with van der Waals surface area (Å²) >= 11 is 0. The second kappa shape index (κ2) is 5.96. The zero-order valence-electron chi connectivity index (χ0n) is 11.3. The molecule has 0 aliphatic carbocycles. The number of carboxylic acids is 1. The minimum Gasteiger partial charge on any atom is -0.497 e. The molecule has 6 heteroatoms. The fourth-order valence-corrected chi connectivity index (χ4v) is 1.84. The number of hydrogen-bond donors (Lipinski definition) is 3. The molecule has 1 amide bonds. The van der Waals surface area contributed by atoms with Crippen LogP contribution in [-0.4, -0.2) is 24.1 Å². The van der Waals surface area contributed by atoms with Gasteiger partial charge in [-0.2, -0.15) is 0 Å². The zero-order chi connectivity index (χ0) is 15.4. The fraction of sp³-hybridized carbons (Fsp3) is 0.0667. The van der Waals surface area contributed by atoms with Crippen LogP contribution in [0.4, 0.5) is 11.4 Å². The first-order valence-electron chi connectivity index (χ1n) is 6.10. The first-order valence-corrected chi connectivity index (χ1v) is 6.10. The Morgan fingerprint density at radius 3 is 2.48 bits per heavy atom. The summed E-state index contributed by atoms with van der Waals surface area (Å²) < 4.78 is 5.01. The lowest BCUT2D eigenvalue weighted by Gasteiger charge is -2.10. The normalized spacial score (nSPS) is 9.95. The third kappa shape index (κ3) is 3.11. The van der Waals surface area contributed by atoms with Gasteiger partial charge in [-0.25, -0.2) is 4.79 Å². The van der Waals surface area contributed by atoms with Crippen LogP contribution in [0.3, 0.4) is 0 Å². The van der Waals surface area contributed by atoms with Gasteiger partial charge in [0.05, 0.1) is 23.9 Å². The average Bonchev–Trinajstić information content (AvgIpc) is 2.47. The van der Waals surface area contributed by atoms with Gasteiger partial charge in [0.15, 0.2) is 0 Å². The predicted octanol–water partition coefficient (Wildman–Crippen LogP) is 2.23. The topological polar surface area (TPSA) is 102 Å². The maximum absolute atomic E-state index is 12.2. The van der Waals surface area contributed by atoms with Gasteiger partial charge < -0.3 is 20.9 Å². The van der Waals surface area contributed by atoms with Crippen LogP contribution in [0.15, 0.2) is 42.5 Å². The van der Waals surface area contributed by atoms with Gasteiger partial charge in [-0.05, 0) is 24.3 Å². The van der Waals surface area contributed by atoms with Crippen LogP contribution < -0.4 is 15.8 Å². The Bertz CT molecular complexity index is 698. The minimum atomic E-state index is -1.12. The van der Waals surface area contributed by atoms with E-state index >= 15 is 0 Å². The Labute approximate surface area is 121 Å². The molecule has 2 rings (SSSR count). The molecule has 0 saturated carbocycles. The Morgan fingerprint density at radius 2 is 1.86 bits per heavy atom. The predicted molar refractivity (Wildman–Crippen MR) is 78.8 cm³/mol. The van der Waals surface area contributed by atoms with E-state index in [0.29, 0.717) is 5.75 Å². The van der Waals surface area contributed by atoms with E-state index in [2.05, 4.69) is 5.32 Å². The third-order valence-corrected chi connectivity index (χ3v) is 2.91. The summed E-state index contributed by atoms with van der Waals surface area (Å²) in [5.41, 5.74) is 6.51. The van der Waals surface area contributed by atoms with Crippen LogP contribution in [0.5, 0.6) is 5.75 Å². The SMILES string of the molecule is COc1ccc(C(=O)Nc2ccccc2C(=O)O)c(N)c1. The summed E-state index contributed by atoms with van der Waals surface area (Å²) in [5, 5.41) is 11.6. The van der Waals surface area contributed by atoms with Gasteiger partial charge in [0.2, 0.25) is 0 Å². The van der Waals surface area contributed by atoms with Crippen molar-refractivity contribution in [3.63, 3.8) is 0 Å². The maximum atomic E-state index is 12.2. The van der Waals surface area contributed by atoms with Gasteiger partial charge in [-0.15, -0.1) is 0 Å². The van der Waals surface area contributed by atoms with Crippen molar-refractivity contribution in [1.29, 1.82) is 0 Å². The third-order valence-electron chi connectivity index (χ3n) is 2.91. The average molecular weight is 286 g/mol. The number of para-hydroxylation sites is 1. The smallest absolute Gasteiger partial charge is 0.337 e. The summed E-state index contributed by atoms with van der Waals surface area (Å²) in [6.45, 7) is 0. The Hall–Kier alpha value is -3.02. The highest BCUT2D eigenvalue weighted by atomic mass is 16.5. The van der Waals surface area contributed by atoms with Gasteiger partial charge in [0.1, 0.15) is 5.75 Å². The highest BCUT2D eigenvalue weighted by Gasteiger charge is 2.15. The van der Waals surface area contributed by atoms with Crippen LogP contribution in [0.1, 0.15) is 20.7 Å². The molecule has 6 nitrogen and oxygen atoms in total. The molecule has 0 unspecified atom stereocenters. The standard InChI is InChI=1S/C15H14N2O4/c1-21-9-6-7-10(12(16)8-9)14(18)17-13-5-3-2-4-11(13)15(19)20/h2-8H,16H2,1H3,(H,17,18)(H,19,20). The lowest BCUT2D eigenvalue weighted by atomic mass is 10.1. The van der Waals surface area contributed by atoms with Crippen molar-refractivity contribution in [3.05, 3.63) is 53.6 Å². The van der Waals surface area contributed by atoms with Crippen molar-refractivity contribution in [2.75, 3.05) is 18.2 Å². The Kier molecular flexibility index (Phi) is 4.08. The summed E-state index contributed by atoms with van der Waals surface area (Å²) in [5.74, 6) is -1.06. The van der Waals surface area contributed by atoms with Crippen molar-refractivity contribution < 1.29 is 19.4 Å². The lowest BCUT2D eigenvalue weighted by Crippen LogP contribution is -2.16. The van der Waals surface area contributed by atoms with E-state index in [1.165, 1.54) is 31.4 Å². The van der Waals surface area contributed by atoms with Gasteiger partial charge in [-0.1, -0.05) is 12.1 Å². The molecule has 0 aliphatic rings. The van der Waals surface area contributed by atoms with E-state index in [9.17, 15) is 9.59 Å². The minimum absolute atomic E-state index is 0.0120. The Morgan fingerprint density at radius 1 is 1.14 bits per heavy atom. The molecule has 4 N–H and O–H groups in total. The second-order valence-electron chi connectivity index (χ2n) is 4.26. The molecule has 2 aromatic carbocycles. The zero-order valence-corrected chi connectivity index (χ0v) is 11.3. The van der Waals surface area contributed by atoms with Gasteiger partial charge in [-0.3, -0.25) is 4.79 Å². The molecule has 0 aliphatic heterocycles. The molecule has 0 fully saturated rings. The molecule has 0 radical (unpaired) electrons. The van der Waals surface area contributed by atoms with E-state index in [1.54, 1.807) is 18.2 Å². The molecule has 0 aromatic heterocycles. The molecule has 0 bridgehead atoms. The summed E-state index contributed by atoms with van der Waals surface area (Å²) in [4.78, 5) is 23.3. The van der Waals surface area contributed by atoms with Crippen LogP contribution >= 0.6 is 0 Å². The first-order chi connectivity index (χ1) is 10.0. The number of carbonyl (C=O) groups is 2. The number of hydrogen-bond acceptors (Lipinski definition) is 4. The molecule has 0 spiro atoms. The number of amides is 1. The number of nitrogen functional groups attached to an aromatic ring is 1. The molecule has 0 saturated heterocycles. The summed E-state index contributed by atoms with van der Waals surface area (Å²) in [6.07, 6.45) is 0. The van der Waals surface area contributed by atoms with Crippen molar-refractivity contribution in [2.45, 2.75) is 0 Å². The number of anilines is 2. The number of rotatable bonds is 4. The summed E-state index contributed by atoms with van der Waals surface area (Å²) in [7, 11) is 1.50. The van der Waals surface area contributed by atoms with Gasteiger partial charge >= 0.3 is 5.97 Å².